The molecule has 1 aliphatic heterocycles. The molecular formula is C51H39IO-. The summed E-state index contributed by atoms with van der Waals surface area (Å²) in [5.74, 6) is 1.13. The molecule has 9 aromatic carbocycles. The maximum atomic E-state index is 6.60. The molecule has 0 fully saturated rings. The summed E-state index contributed by atoms with van der Waals surface area (Å²) in [7, 11) is 0. The number of hydrogen-bond donors (Lipinski definition) is 0. The van der Waals surface area contributed by atoms with Gasteiger partial charge in [-0.15, -0.1) is 3.42 Å². The highest BCUT2D eigenvalue weighted by atomic mass is 127. The molecule has 53 heavy (non-hydrogen) atoms. The standard InChI is InChI=1S/C51H39IO/c1-50(2,3)42-22-12-30-8-18-36-34(16-6-28-10-20-38(42)48(30)46(28)36)32-14-24-44-40(26-32)41-27-33(15-25-45(41)53-44)35-17-7-29-11-21-39-43(51(4,5)52)23-13-31-9-19-37(35)47(29)49(31)39/h6-27,40,44H,1-5H3/q-1. The molecule has 1 aliphatic carbocycles. The molecule has 1 radical (unpaired) electrons. The van der Waals surface area contributed by atoms with E-state index in [4.69, 9.17) is 4.74 Å². The van der Waals surface area contributed by atoms with Crippen molar-refractivity contribution in [3.8, 4) is 16.9 Å². The van der Waals surface area contributed by atoms with Crippen LogP contribution in [0.5, 0.6) is 5.75 Å². The van der Waals surface area contributed by atoms with E-state index in [0.29, 0.717) is 0 Å². The number of rotatable bonds is 3. The fourth-order valence-electron chi connectivity index (χ4n) is 9.73. The number of halogens is 1. The zero-order chi connectivity index (χ0) is 36.0. The fraction of sp³-hybridized carbons (Fsp3) is 0.176. The molecule has 0 bridgehead atoms. The smallest absolute Gasteiger partial charge is 0.128 e. The van der Waals surface area contributed by atoms with Crippen molar-refractivity contribution in [2.24, 2.45) is 0 Å². The molecule has 0 saturated heterocycles. The second-order valence-corrected chi connectivity index (χ2v) is 19.6. The zero-order valence-electron chi connectivity index (χ0n) is 30.6. The van der Waals surface area contributed by atoms with Crippen molar-refractivity contribution in [3.63, 3.8) is 0 Å². The van der Waals surface area contributed by atoms with E-state index in [1.54, 1.807) is 0 Å². The first kappa shape index (κ1) is 31.6. The molecule has 0 N–H and O–H groups in total. The van der Waals surface area contributed by atoms with Crippen LogP contribution in [0.2, 0.25) is 0 Å². The van der Waals surface area contributed by atoms with Gasteiger partial charge in [0.05, 0.1) is 0 Å². The van der Waals surface area contributed by atoms with Crippen molar-refractivity contribution in [1.82, 2.24) is 0 Å². The Morgan fingerprint density at radius 3 is 1.66 bits per heavy atom. The minimum atomic E-state index is -0.00506. The Labute approximate surface area is 323 Å². The summed E-state index contributed by atoms with van der Waals surface area (Å²) in [5.41, 5.74) is 9.18. The lowest BCUT2D eigenvalue weighted by molar-refractivity contribution is -0.474. The van der Waals surface area contributed by atoms with Crippen molar-refractivity contribution >= 4 is 70.2 Å². The lowest BCUT2D eigenvalue weighted by Gasteiger charge is -2.34. The van der Waals surface area contributed by atoms with Crippen LogP contribution in [0.25, 0.3) is 81.3 Å². The normalized spacial score (nSPS) is 17.4. The summed E-state index contributed by atoms with van der Waals surface area (Å²) in [6.07, 6.45) is 7.02. The molecule has 1 heterocycles. The van der Waals surface area contributed by atoms with Gasteiger partial charge in [0.1, 0.15) is 11.9 Å². The van der Waals surface area contributed by atoms with E-state index in [1.807, 2.05) is 0 Å². The molecule has 1 nitrogen and oxygen atoms in total. The molecule has 0 saturated carbocycles. The highest BCUT2D eigenvalue weighted by Crippen LogP contribution is 2.48. The van der Waals surface area contributed by atoms with E-state index in [1.165, 1.54) is 104 Å². The lowest BCUT2D eigenvalue weighted by Crippen LogP contribution is -3.41. The summed E-state index contributed by atoms with van der Waals surface area (Å²) in [4.78, 5) is 0. The molecule has 257 valence electrons. The maximum Gasteiger partial charge on any atom is 0.128 e. The first-order valence-corrected chi connectivity index (χ1v) is 19.9. The summed E-state index contributed by atoms with van der Waals surface area (Å²) in [5, 5.41) is 16.0. The minimum Gasteiger partial charge on any atom is -0.785 e. The first-order valence-electron chi connectivity index (χ1n) is 18.9. The summed E-state index contributed by atoms with van der Waals surface area (Å²) in [6.45, 7) is 11.6. The second-order valence-electron chi connectivity index (χ2n) is 16.9. The first-order chi connectivity index (χ1) is 25.5. The molecule has 2 atom stereocenters. The van der Waals surface area contributed by atoms with Crippen molar-refractivity contribution in [1.29, 1.82) is 0 Å². The van der Waals surface area contributed by atoms with Crippen molar-refractivity contribution in [2.45, 2.75) is 55.5 Å². The van der Waals surface area contributed by atoms with Gasteiger partial charge < -0.3 is 27.3 Å². The third kappa shape index (κ3) is 4.54. The molecule has 2 aliphatic rings. The van der Waals surface area contributed by atoms with Gasteiger partial charge in [-0.25, -0.2) is 0 Å². The highest BCUT2D eigenvalue weighted by Gasteiger charge is 2.34. The number of hydrogen-bond acceptors (Lipinski definition) is 1. The van der Waals surface area contributed by atoms with E-state index < -0.39 is 0 Å². The van der Waals surface area contributed by atoms with E-state index >= 15 is 0 Å². The average Bonchev–Trinajstić information content (AvgIpc) is 3.52. The summed E-state index contributed by atoms with van der Waals surface area (Å²) < 4.78 is 6.64. The monoisotopic (exact) mass is 794 g/mol. The Bertz CT molecular complexity index is 3050. The van der Waals surface area contributed by atoms with E-state index in [-0.39, 0.29) is 20.9 Å². The van der Waals surface area contributed by atoms with Crippen LogP contribution in [0.15, 0.2) is 133 Å². The topological polar surface area (TPSA) is 9.23 Å². The van der Waals surface area contributed by atoms with Gasteiger partial charge in [0.15, 0.2) is 0 Å². The van der Waals surface area contributed by atoms with Crippen LogP contribution in [0, 0.1) is 0 Å². The molecule has 11 rings (SSSR count). The Morgan fingerprint density at radius 2 is 1.04 bits per heavy atom. The summed E-state index contributed by atoms with van der Waals surface area (Å²) >= 11 is 2.58. The molecular weight excluding hydrogens is 755 g/mol. The largest absolute Gasteiger partial charge is 0.785 e. The minimum absolute atomic E-state index is 0.00506. The van der Waals surface area contributed by atoms with Crippen molar-refractivity contribution < 1.29 is 27.3 Å². The van der Waals surface area contributed by atoms with Crippen LogP contribution in [-0.4, -0.2) is 6.10 Å². The number of ether oxygens (including phenoxy) is 1. The van der Waals surface area contributed by atoms with Crippen LogP contribution >= 0.6 is 0 Å². The Kier molecular flexibility index (Phi) is 6.45. The third-order valence-corrected chi connectivity index (χ3v) is 12.8. The number of alkyl halides is 1. The van der Waals surface area contributed by atoms with Crippen LogP contribution in [-0.2, 0) is 8.84 Å². The summed E-state index contributed by atoms with van der Waals surface area (Å²) in [6, 6.07) is 44.0. The van der Waals surface area contributed by atoms with Crippen LogP contribution in [0.4, 0.5) is 0 Å². The molecule has 0 aromatic heterocycles. The highest BCUT2D eigenvalue weighted by molar-refractivity contribution is 6.27. The van der Waals surface area contributed by atoms with Crippen molar-refractivity contribution in [3.05, 3.63) is 156 Å². The number of benzene rings is 9. The average molecular weight is 795 g/mol. The molecule has 2 unspecified atom stereocenters. The van der Waals surface area contributed by atoms with Gasteiger partial charge in [0, 0.05) is 11.5 Å². The SMILES string of the molecule is CC(C)(C)c1ccc2ccc3c(C4=CC5c6cc(-c7ccc8ccc9c(C(C)(C)[I-])ccc%10ccc7c8c%109)ccc6OC5C=C4)ccc4ccc1c2c43. The molecule has 9 aromatic rings. The quantitative estimate of drug-likeness (QED) is 0.0984. The zero-order valence-corrected chi connectivity index (χ0v) is 32.8. The third-order valence-electron chi connectivity index (χ3n) is 12.2. The fourth-order valence-corrected chi connectivity index (χ4v) is 10.2. The van der Waals surface area contributed by atoms with Gasteiger partial charge in [-0.3, -0.25) is 0 Å². The van der Waals surface area contributed by atoms with E-state index in [0.717, 1.165) is 5.75 Å². The van der Waals surface area contributed by atoms with Gasteiger partial charge in [0.2, 0.25) is 0 Å². The molecule has 0 spiro atoms. The van der Waals surface area contributed by atoms with Gasteiger partial charge in [0.25, 0.3) is 0 Å². The van der Waals surface area contributed by atoms with Crippen LogP contribution in [0.1, 0.15) is 62.8 Å². The second kappa shape index (κ2) is 10.8. The Balaban J connectivity index is 1.05. The number of fused-ring (bicyclic) bond motifs is 3. The van der Waals surface area contributed by atoms with E-state index in [9.17, 15) is 0 Å². The number of allylic oxidation sites excluding steroid dienone is 2. The Hall–Kier alpha value is -4.93. The van der Waals surface area contributed by atoms with E-state index in [2.05, 4.69) is 191 Å². The van der Waals surface area contributed by atoms with Crippen molar-refractivity contribution in [2.75, 3.05) is 0 Å². The van der Waals surface area contributed by atoms with Gasteiger partial charge in [-0.2, -0.15) is 0 Å². The lowest BCUT2D eigenvalue weighted by atomic mass is 9.80. The van der Waals surface area contributed by atoms with Crippen LogP contribution < -0.4 is 27.3 Å². The van der Waals surface area contributed by atoms with Gasteiger partial charge >= 0.3 is 0 Å². The van der Waals surface area contributed by atoms with Crippen LogP contribution in [0.3, 0.4) is 0 Å². The predicted octanol–water partition coefficient (Wildman–Crippen LogP) is 10.7. The maximum absolute atomic E-state index is 6.60. The van der Waals surface area contributed by atoms with Gasteiger partial charge in [-0.05, 0) is 116 Å². The Morgan fingerprint density at radius 1 is 0.528 bits per heavy atom. The molecule has 0 amide bonds. The van der Waals surface area contributed by atoms with Gasteiger partial charge in [-0.1, -0.05) is 155 Å². The molecule has 2 heteroatoms. The predicted molar refractivity (Wildman–Crippen MR) is 222 cm³/mol.